The van der Waals surface area contributed by atoms with Crippen molar-refractivity contribution in [2.75, 3.05) is 0 Å². The molecule has 3 N–H and O–H groups in total. The number of hydroxylamine groups is 1. The molecule has 5 heteroatoms. The maximum absolute atomic E-state index is 11.9. The number of hydrogen-bond acceptors (Lipinski definition) is 3. The zero-order valence-electron chi connectivity index (χ0n) is 11.7. The molecule has 0 aliphatic heterocycles. The third-order valence-electron chi connectivity index (χ3n) is 2.78. The largest absolute Gasteiger partial charge is 0.349 e. The van der Waals surface area contributed by atoms with E-state index in [9.17, 15) is 9.59 Å². The molecule has 1 rings (SSSR count). The molecule has 1 aromatic rings. The molecule has 0 heterocycles. The molecule has 104 valence electrons. The van der Waals surface area contributed by atoms with Crippen LogP contribution in [0.1, 0.15) is 49.7 Å². The molecule has 0 saturated heterocycles. The van der Waals surface area contributed by atoms with Crippen LogP contribution in [0.5, 0.6) is 0 Å². The lowest BCUT2D eigenvalue weighted by molar-refractivity contribution is -0.129. The molecule has 0 aliphatic carbocycles. The van der Waals surface area contributed by atoms with Crippen molar-refractivity contribution in [1.82, 2.24) is 10.8 Å². The molecule has 19 heavy (non-hydrogen) atoms. The summed E-state index contributed by atoms with van der Waals surface area (Å²) in [6, 6.07) is 6.55. The highest BCUT2D eigenvalue weighted by Gasteiger charge is 2.23. The molecule has 0 aliphatic rings. The van der Waals surface area contributed by atoms with Gasteiger partial charge in [0.1, 0.15) is 0 Å². The van der Waals surface area contributed by atoms with Gasteiger partial charge in [0.05, 0.1) is 6.04 Å². The fourth-order valence-electron chi connectivity index (χ4n) is 1.51. The molecule has 5 nitrogen and oxygen atoms in total. The van der Waals surface area contributed by atoms with E-state index in [0.29, 0.717) is 5.56 Å². The van der Waals surface area contributed by atoms with E-state index in [2.05, 4.69) is 5.32 Å². The molecule has 0 fully saturated rings. The van der Waals surface area contributed by atoms with Crippen LogP contribution in [0.3, 0.4) is 0 Å². The quantitative estimate of drug-likeness (QED) is 0.577. The second-order valence-electron chi connectivity index (χ2n) is 5.51. The summed E-state index contributed by atoms with van der Waals surface area (Å²) in [5.74, 6) is -0.631. The summed E-state index contributed by atoms with van der Waals surface area (Å²) in [6.07, 6.45) is 0. The monoisotopic (exact) mass is 264 g/mol. The van der Waals surface area contributed by atoms with Crippen LogP contribution in [-0.2, 0) is 4.79 Å². The Labute approximate surface area is 113 Å². The average Bonchev–Trinajstić information content (AvgIpc) is 2.36. The van der Waals surface area contributed by atoms with Crippen molar-refractivity contribution >= 4 is 11.8 Å². The van der Waals surface area contributed by atoms with Crippen molar-refractivity contribution < 1.29 is 14.8 Å². The first-order valence-electron chi connectivity index (χ1n) is 6.11. The maximum atomic E-state index is 11.9. The smallest absolute Gasteiger partial charge is 0.274 e. The zero-order chi connectivity index (χ0) is 14.6. The first-order valence-corrected chi connectivity index (χ1v) is 6.11. The Morgan fingerprint density at radius 3 is 2.42 bits per heavy atom. The standard InChI is InChI=1S/C14H20N2O3/c1-9(15-13(18)14(2,3)4)10-6-5-7-11(8-10)12(17)16-19/h5-9,19H,1-4H3,(H,15,18)(H,16,17)/t9-/m1/s1. The molecule has 0 unspecified atom stereocenters. The Morgan fingerprint density at radius 1 is 1.26 bits per heavy atom. The van der Waals surface area contributed by atoms with Gasteiger partial charge in [-0.05, 0) is 24.6 Å². The summed E-state index contributed by atoms with van der Waals surface area (Å²) in [7, 11) is 0. The predicted octanol–water partition coefficient (Wildman–Crippen LogP) is 2.03. The second-order valence-corrected chi connectivity index (χ2v) is 5.51. The molecule has 1 atom stereocenters. The van der Waals surface area contributed by atoms with E-state index >= 15 is 0 Å². The first kappa shape index (κ1) is 15.2. The fraction of sp³-hybridized carbons (Fsp3) is 0.429. The summed E-state index contributed by atoms with van der Waals surface area (Å²) in [6.45, 7) is 7.36. The van der Waals surface area contributed by atoms with E-state index in [1.54, 1.807) is 23.7 Å². The Hall–Kier alpha value is -1.88. The van der Waals surface area contributed by atoms with Gasteiger partial charge in [0.15, 0.2) is 0 Å². The minimum atomic E-state index is -0.573. The van der Waals surface area contributed by atoms with E-state index in [1.807, 2.05) is 33.8 Å². The normalized spacial score (nSPS) is 12.7. The van der Waals surface area contributed by atoms with Gasteiger partial charge in [0.2, 0.25) is 5.91 Å². The van der Waals surface area contributed by atoms with E-state index in [4.69, 9.17) is 5.21 Å². The Morgan fingerprint density at radius 2 is 1.89 bits per heavy atom. The van der Waals surface area contributed by atoms with Gasteiger partial charge in [0.25, 0.3) is 5.91 Å². The summed E-state index contributed by atoms with van der Waals surface area (Å²) in [5, 5.41) is 11.5. The van der Waals surface area contributed by atoms with Gasteiger partial charge >= 0.3 is 0 Å². The van der Waals surface area contributed by atoms with Crippen LogP contribution in [-0.4, -0.2) is 17.0 Å². The van der Waals surface area contributed by atoms with Crippen LogP contribution in [0.25, 0.3) is 0 Å². The lowest BCUT2D eigenvalue weighted by Crippen LogP contribution is -2.36. The average molecular weight is 264 g/mol. The minimum absolute atomic E-state index is 0.0583. The van der Waals surface area contributed by atoms with Gasteiger partial charge in [-0.15, -0.1) is 0 Å². The highest BCUT2D eigenvalue weighted by molar-refractivity contribution is 5.93. The fourth-order valence-corrected chi connectivity index (χ4v) is 1.51. The van der Waals surface area contributed by atoms with Crippen LogP contribution in [0.15, 0.2) is 24.3 Å². The van der Waals surface area contributed by atoms with E-state index in [0.717, 1.165) is 5.56 Å². The van der Waals surface area contributed by atoms with Gasteiger partial charge in [-0.3, -0.25) is 14.8 Å². The molecule has 0 spiro atoms. The van der Waals surface area contributed by atoms with Crippen molar-refractivity contribution in [3.63, 3.8) is 0 Å². The van der Waals surface area contributed by atoms with E-state index in [-0.39, 0.29) is 11.9 Å². The number of amides is 2. The van der Waals surface area contributed by atoms with Gasteiger partial charge in [-0.25, -0.2) is 5.48 Å². The SMILES string of the molecule is C[C@@H](NC(=O)C(C)(C)C)c1cccc(C(=O)NO)c1. The van der Waals surface area contributed by atoms with Crippen molar-refractivity contribution in [3.05, 3.63) is 35.4 Å². The number of carbonyl (C=O) groups is 2. The molecule has 0 aromatic heterocycles. The van der Waals surface area contributed by atoms with Crippen LogP contribution in [0.2, 0.25) is 0 Å². The second kappa shape index (κ2) is 5.84. The number of rotatable bonds is 3. The maximum Gasteiger partial charge on any atom is 0.274 e. The number of nitrogens with one attached hydrogen (secondary N) is 2. The molecule has 1 aromatic carbocycles. The summed E-state index contributed by atoms with van der Waals surface area (Å²) in [5.41, 5.74) is 2.27. The van der Waals surface area contributed by atoms with Crippen LogP contribution >= 0.6 is 0 Å². The van der Waals surface area contributed by atoms with Gasteiger partial charge in [-0.1, -0.05) is 32.9 Å². The van der Waals surface area contributed by atoms with Gasteiger partial charge < -0.3 is 5.32 Å². The topological polar surface area (TPSA) is 78.4 Å². The van der Waals surface area contributed by atoms with Crippen LogP contribution < -0.4 is 10.8 Å². The van der Waals surface area contributed by atoms with Crippen molar-refractivity contribution in [2.24, 2.45) is 5.41 Å². The zero-order valence-corrected chi connectivity index (χ0v) is 11.7. The highest BCUT2D eigenvalue weighted by Crippen LogP contribution is 2.18. The van der Waals surface area contributed by atoms with Crippen molar-refractivity contribution in [2.45, 2.75) is 33.7 Å². The van der Waals surface area contributed by atoms with Crippen LogP contribution in [0, 0.1) is 5.41 Å². The van der Waals surface area contributed by atoms with Crippen LogP contribution in [0.4, 0.5) is 0 Å². The molecule has 2 amide bonds. The van der Waals surface area contributed by atoms with Gasteiger partial charge in [-0.2, -0.15) is 0 Å². The van der Waals surface area contributed by atoms with E-state index < -0.39 is 11.3 Å². The first-order chi connectivity index (χ1) is 8.75. The molecular weight excluding hydrogens is 244 g/mol. The van der Waals surface area contributed by atoms with Crippen molar-refractivity contribution in [1.29, 1.82) is 0 Å². The third-order valence-corrected chi connectivity index (χ3v) is 2.78. The Balaban J connectivity index is 2.86. The van der Waals surface area contributed by atoms with Crippen molar-refractivity contribution in [3.8, 4) is 0 Å². The lowest BCUT2D eigenvalue weighted by Gasteiger charge is -2.22. The lowest BCUT2D eigenvalue weighted by atomic mass is 9.94. The minimum Gasteiger partial charge on any atom is -0.349 e. The van der Waals surface area contributed by atoms with E-state index in [1.165, 1.54) is 0 Å². The Bertz CT molecular complexity index is 478. The predicted molar refractivity (Wildman–Crippen MR) is 71.7 cm³/mol. The highest BCUT2D eigenvalue weighted by atomic mass is 16.5. The number of hydrogen-bond donors (Lipinski definition) is 3. The molecule has 0 bridgehead atoms. The molecule has 0 saturated carbocycles. The third kappa shape index (κ3) is 4.06. The molecular formula is C14H20N2O3. The number of carbonyl (C=O) groups excluding carboxylic acids is 2. The summed E-state index contributed by atoms with van der Waals surface area (Å²) >= 11 is 0. The Kier molecular flexibility index (Phi) is 4.67. The summed E-state index contributed by atoms with van der Waals surface area (Å²) in [4.78, 5) is 23.2. The van der Waals surface area contributed by atoms with Gasteiger partial charge in [0, 0.05) is 11.0 Å². The molecule has 0 radical (unpaired) electrons. The summed E-state index contributed by atoms with van der Waals surface area (Å²) < 4.78 is 0. The number of benzene rings is 1.